The molecule has 2 aliphatic rings. The Kier molecular flexibility index (Phi) is 7.96. The number of benzene rings is 1. The molecule has 1 fully saturated rings. The van der Waals surface area contributed by atoms with Crippen LogP contribution in [-0.2, 0) is 16.0 Å². The van der Waals surface area contributed by atoms with Crippen LogP contribution < -0.4 is 0 Å². The zero-order valence-electron chi connectivity index (χ0n) is 16.5. The number of rotatable bonds is 3. The van der Waals surface area contributed by atoms with Crippen LogP contribution in [0.1, 0.15) is 17.2 Å². The first kappa shape index (κ1) is 22.8. The number of piperazine rings is 1. The molecule has 1 atom stereocenters. The molecule has 2 N–H and O–H groups in total. The van der Waals surface area contributed by atoms with Crippen LogP contribution in [0.2, 0.25) is 4.34 Å². The maximum Gasteiger partial charge on any atom is 0.328 e. The van der Waals surface area contributed by atoms with Gasteiger partial charge < -0.3 is 15.1 Å². The molecule has 0 aliphatic carbocycles. The molecule has 1 aromatic heterocycles. The standard InChI is InChI=1S/C17H19ClN2S2.C4H4O4/c1-19-6-8-20(9-7-19)14-10-12-4-2-3-5-15(12)21-17-13(14)11-16(18)22-17;5-3(6)1-2-4(7)8/h2-5,11,14H,6-10H2,1H3;1-2H,(H,5,6)(H,7,8)/b;2-1+. The Hall–Kier alpha value is -1.84. The molecule has 2 aliphatic heterocycles. The number of aliphatic carboxylic acids is 2. The van der Waals surface area contributed by atoms with Gasteiger partial charge in [-0.3, -0.25) is 4.90 Å². The monoisotopic (exact) mass is 466 g/mol. The molecule has 2 aromatic rings. The molecule has 0 spiro atoms. The van der Waals surface area contributed by atoms with Gasteiger partial charge >= 0.3 is 11.9 Å². The molecule has 0 bridgehead atoms. The summed E-state index contributed by atoms with van der Waals surface area (Å²) in [5.74, 6) is -2.51. The summed E-state index contributed by atoms with van der Waals surface area (Å²) in [5, 5.41) is 15.6. The van der Waals surface area contributed by atoms with E-state index in [0.717, 1.165) is 36.9 Å². The molecule has 4 rings (SSSR count). The van der Waals surface area contributed by atoms with Gasteiger partial charge in [0.2, 0.25) is 0 Å². The first-order valence-corrected chi connectivity index (χ1v) is 11.5. The van der Waals surface area contributed by atoms with E-state index >= 15 is 0 Å². The maximum atomic E-state index is 9.55. The second-order valence-corrected chi connectivity index (χ2v) is 10.1. The molecular weight excluding hydrogens is 444 g/mol. The minimum Gasteiger partial charge on any atom is -0.478 e. The topological polar surface area (TPSA) is 81.1 Å². The van der Waals surface area contributed by atoms with Crippen molar-refractivity contribution < 1.29 is 19.8 Å². The number of carboxylic acids is 2. The molecule has 0 amide bonds. The van der Waals surface area contributed by atoms with Crippen LogP contribution in [0.4, 0.5) is 0 Å². The summed E-state index contributed by atoms with van der Waals surface area (Å²) in [6.45, 7) is 4.58. The van der Waals surface area contributed by atoms with Crippen molar-refractivity contribution in [2.45, 2.75) is 21.6 Å². The predicted molar refractivity (Wildman–Crippen MR) is 120 cm³/mol. The third-order valence-electron chi connectivity index (χ3n) is 4.99. The molecule has 1 unspecified atom stereocenters. The van der Waals surface area contributed by atoms with Crippen molar-refractivity contribution >= 4 is 46.6 Å². The fourth-order valence-corrected chi connectivity index (χ4v) is 6.27. The van der Waals surface area contributed by atoms with Gasteiger partial charge in [0.1, 0.15) is 0 Å². The number of thiophene rings is 1. The fourth-order valence-electron chi connectivity index (χ4n) is 3.46. The zero-order chi connectivity index (χ0) is 21.7. The molecule has 0 saturated carbocycles. The number of fused-ring (bicyclic) bond motifs is 2. The largest absolute Gasteiger partial charge is 0.478 e. The van der Waals surface area contributed by atoms with Gasteiger partial charge in [0.25, 0.3) is 0 Å². The van der Waals surface area contributed by atoms with Gasteiger partial charge in [-0.05, 0) is 36.7 Å². The second kappa shape index (κ2) is 10.5. The van der Waals surface area contributed by atoms with Crippen molar-refractivity contribution in [1.29, 1.82) is 0 Å². The van der Waals surface area contributed by atoms with Crippen molar-refractivity contribution in [3.05, 3.63) is 57.9 Å². The van der Waals surface area contributed by atoms with Crippen LogP contribution >= 0.6 is 34.7 Å². The van der Waals surface area contributed by atoms with Gasteiger partial charge in [-0.15, -0.1) is 11.3 Å². The van der Waals surface area contributed by atoms with Gasteiger partial charge in [-0.1, -0.05) is 41.6 Å². The first-order chi connectivity index (χ1) is 14.3. The number of hydrogen-bond acceptors (Lipinski definition) is 6. The predicted octanol–water partition coefficient (Wildman–Crippen LogP) is 4.11. The highest BCUT2D eigenvalue weighted by molar-refractivity contribution is 8.01. The molecule has 1 aromatic carbocycles. The highest BCUT2D eigenvalue weighted by Crippen LogP contribution is 2.47. The molecule has 0 radical (unpaired) electrons. The van der Waals surface area contributed by atoms with E-state index in [-0.39, 0.29) is 0 Å². The van der Waals surface area contributed by atoms with Gasteiger partial charge in [-0.25, -0.2) is 9.59 Å². The van der Waals surface area contributed by atoms with Crippen LogP contribution in [-0.4, -0.2) is 65.2 Å². The minimum atomic E-state index is -1.26. The number of carboxylic acid groups (broad SMARTS) is 2. The number of likely N-dealkylation sites (N-methyl/N-ethyl adjacent to an activating group) is 1. The summed E-state index contributed by atoms with van der Waals surface area (Å²) in [4.78, 5) is 25.6. The average molecular weight is 467 g/mol. The van der Waals surface area contributed by atoms with Gasteiger partial charge in [0.15, 0.2) is 0 Å². The molecular formula is C21H23ClN2O4S2. The Bertz CT molecular complexity index is 923. The van der Waals surface area contributed by atoms with Crippen molar-refractivity contribution in [2.24, 2.45) is 0 Å². The third-order valence-corrected chi connectivity index (χ3v) is 7.60. The fraction of sp³-hybridized carbons (Fsp3) is 0.333. The van der Waals surface area contributed by atoms with Gasteiger partial charge in [0, 0.05) is 49.3 Å². The number of hydrogen-bond donors (Lipinski definition) is 2. The molecule has 1 saturated heterocycles. The normalized spacial score (nSPS) is 19.3. The Morgan fingerprint density at radius 3 is 2.37 bits per heavy atom. The molecule has 30 heavy (non-hydrogen) atoms. The molecule has 160 valence electrons. The third kappa shape index (κ3) is 6.09. The zero-order valence-corrected chi connectivity index (χ0v) is 18.8. The lowest BCUT2D eigenvalue weighted by Gasteiger charge is -2.38. The van der Waals surface area contributed by atoms with E-state index in [1.54, 1.807) is 11.3 Å². The van der Waals surface area contributed by atoms with Crippen LogP contribution in [0.5, 0.6) is 0 Å². The molecule has 6 nitrogen and oxygen atoms in total. The summed E-state index contributed by atoms with van der Waals surface area (Å²) >= 11 is 9.95. The van der Waals surface area contributed by atoms with Crippen LogP contribution in [0.25, 0.3) is 0 Å². The maximum absolute atomic E-state index is 9.55. The lowest BCUT2D eigenvalue weighted by Crippen LogP contribution is -2.46. The van der Waals surface area contributed by atoms with Crippen molar-refractivity contribution in [3.63, 3.8) is 0 Å². The quantitative estimate of drug-likeness (QED) is 0.659. The van der Waals surface area contributed by atoms with E-state index in [9.17, 15) is 9.59 Å². The van der Waals surface area contributed by atoms with E-state index in [2.05, 4.69) is 47.2 Å². The minimum absolute atomic E-state index is 0.462. The first-order valence-electron chi connectivity index (χ1n) is 9.45. The summed E-state index contributed by atoms with van der Waals surface area (Å²) in [7, 11) is 2.21. The molecule has 9 heteroatoms. The highest BCUT2D eigenvalue weighted by Gasteiger charge is 2.30. The van der Waals surface area contributed by atoms with E-state index in [1.807, 2.05) is 11.8 Å². The lowest BCUT2D eigenvalue weighted by atomic mass is 9.99. The Labute approximate surface area is 188 Å². The van der Waals surface area contributed by atoms with E-state index in [1.165, 1.54) is 20.2 Å². The van der Waals surface area contributed by atoms with E-state index < -0.39 is 11.9 Å². The van der Waals surface area contributed by atoms with Crippen LogP contribution in [0.15, 0.2) is 51.6 Å². The van der Waals surface area contributed by atoms with E-state index in [4.69, 9.17) is 21.8 Å². The van der Waals surface area contributed by atoms with Crippen molar-refractivity contribution in [1.82, 2.24) is 9.80 Å². The number of halogens is 1. The summed E-state index contributed by atoms with van der Waals surface area (Å²) in [6, 6.07) is 11.5. The van der Waals surface area contributed by atoms with Crippen LogP contribution in [0.3, 0.4) is 0 Å². The van der Waals surface area contributed by atoms with Crippen molar-refractivity contribution in [2.75, 3.05) is 33.2 Å². The highest BCUT2D eigenvalue weighted by atomic mass is 35.5. The smallest absolute Gasteiger partial charge is 0.328 e. The van der Waals surface area contributed by atoms with Crippen LogP contribution in [0, 0.1) is 0 Å². The Morgan fingerprint density at radius 2 is 1.73 bits per heavy atom. The number of nitrogens with zero attached hydrogens (tertiary/aromatic N) is 2. The van der Waals surface area contributed by atoms with Crippen molar-refractivity contribution in [3.8, 4) is 0 Å². The number of carbonyl (C=O) groups is 2. The second-order valence-electron chi connectivity index (χ2n) is 7.07. The Balaban J connectivity index is 0.000000275. The average Bonchev–Trinajstić information content (AvgIpc) is 2.99. The van der Waals surface area contributed by atoms with E-state index in [0.29, 0.717) is 18.2 Å². The summed E-state index contributed by atoms with van der Waals surface area (Å²) < 4.78 is 2.29. The lowest BCUT2D eigenvalue weighted by molar-refractivity contribution is -0.134. The summed E-state index contributed by atoms with van der Waals surface area (Å²) in [5.41, 5.74) is 2.90. The SMILES string of the molecule is CN1CCN(C2Cc3ccccc3Sc3sc(Cl)cc32)CC1.O=C(O)/C=C/C(=O)O. The molecule has 3 heterocycles. The van der Waals surface area contributed by atoms with Gasteiger partial charge in [0.05, 0.1) is 8.55 Å². The summed E-state index contributed by atoms with van der Waals surface area (Å²) in [6.07, 6.45) is 2.21. The van der Waals surface area contributed by atoms with Gasteiger partial charge in [-0.2, -0.15) is 0 Å². The Morgan fingerprint density at radius 1 is 1.10 bits per heavy atom.